The smallest absolute Gasteiger partial charge is 0.325 e. The van der Waals surface area contributed by atoms with Crippen molar-refractivity contribution >= 4 is 17.8 Å². The Morgan fingerprint density at radius 1 is 1.06 bits per heavy atom. The summed E-state index contributed by atoms with van der Waals surface area (Å²) in [7, 11) is 0. The van der Waals surface area contributed by atoms with E-state index in [4.69, 9.17) is 0 Å². The number of rotatable bonds is 6. The molecule has 1 aliphatic carbocycles. The molecular weight excluding hydrogens is 409 g/mol. The van der Waals surface area contributed by atoms with Crippen molar-refractivity contribution in [3.8, 4) is 0 Å². The second-order valence-corrected chi connectivity index (χ2v) is 8.75. The van der Waals surface area contributed by atoms with Gasteiger partial charge in [0.05, 0.1) is 0 Å². The maximum Gasteiger partial charge on any atom is 0.325 e. The van der Waals surface area contributed by atoms with Crippen LogP contribution in [0.25, 0.3) is 0 Å². The summed E-state index contributed by atoms with van der Waals surface area (Å²) < 4.78 is 13.3. The summed E-state index contributed by atoms with van der Waals surface area (Å²) in [6.07, 6.45) is 4.97. The van der Waals surface area contributed by atoms with Crippen LogP contribution in [0.1, 0.15) is 50.2 Å². The van der Waals surface area contributed by atoms with E-state index >= 15 is 0 Å². The van der Waals surface area contributed by atoms with Crippen LogP contribution in [0.5, 0.6) is 0 Å². The van der Waals surface area contributed by atoms with Crippen molar-refractivity contribution in [2.75, 3.05) is 6.54 Å². The predicted molar refractivity (Wildman–Crippen MR) is 118 cm³/mol. The molecule has 4 rings (SSSR count). The third kappa shape index (κ3) is 4.38. The molecule has 1 saturated carbocycles. The number of hydrogen-bond acceptors (Lipinski definition) is 3. The van der Waals surface area contributed by atoms with Crippen LogP contribution in [0.2, 0.25) is 0 Å². The molecule has 6 nitrogen and oxygen atoms in total. The molecule has 1 saturated heterocycles. The summed E-state index contributed by atoms with van der Waals surface area (Å²) in [5.41, 5.74) is 0.283. The van der Waals surface area contributed by atoms with Gasteiger partial charge in [-0.25, -0.2) is 9.18 Å². The highest BCUT2D eigenvalue weighted by molar-refractivity contribution is 6.09. The number of carbonyl (C=O) groups excluding carboxylic acids is 3. The maximum atomic E-state index is 13.4. The molecule has 0 bridgehead atoms. The molecule has 7 heteroatoms. The molecule has 4 amide bonds. The molecule has 168 valence electrons. The fourth-order valence-electron chi connectivity index (χ4n) is 4.63. The number of amides is 4. The third-order valence-corrected chi connectivity index (χ3v) is 6.52. The van der Waals surface area contributed by atoms with Gasteiger partial charge in [0.2, 0.25) is 5.91 Å². The van der Waals surface area contributed by atoms with Gasteiger partial charge in [0.1, 0.15) is 17.9 Å². The van der Waals surface area contributed by atoms with Crippen molar-refractivity contribution in [3.63, 3.8) is 0 Å². The molecule has 2 fully saturated rings. The first-order chi connectivity index (χ1) is 15.4. The van der Waals surface area contributed by atoms with Gasteiger partial charge in [-0.3, -0.25) is 14.5 Å². The second-order valence-electron chi connectivity index (χ2n) is 8.75. The van der Waals surface area contributed by atoms with Crippen molar-refractivity contribution in [1.29, 1.82) is 0 Å². The monoisotopic (exact) mass is 437 g/mol. The Morgan fingerprint density at radius 3 is 2.38 bits per heavy atom. The first-order valence-electron chi connectivity index (χ1n) is 11.1. The van der Waals surface area contributed by atoms with Gasteiger partial charge in [-0.15, -0.1) is 0 Å². The average Bonchev–Trinajstić information content (AvgIpc) is 3.03. The largest absolute Gasteiger partial charge is 0.334 e. The van der Waals surface area contributed by atoms with Crippen LogP contribution in [0.3, 0.4) is 0 Å². The molecule has 2 aromatic carbocycles. The average molecular weight is 438 g/mol. The highest BCUT2D eigenvalue weighted by Crippen LogP contribution is 2.29. The van der Waals surface area contributed by atoms with Crippen LogP contribution in [-0.4, -0.2) is 40.2 Å². The molecule has 0 unspecified atom stereocenters. The lowest BCUT2D eigenvalue weighted by Gasteiger charge is -2.35. The van der Waals surface area contributed by atoms with Crippen LogP contribution < -0.4 is 5.32 Å². The lowest BCUT2D eigenvalue weighted by atomic mass is 9.92. The third-order valence-electron chi connectivity index (χ3n) is 6.52. The van der Waals surface area contributed by atoms with E-state index in [-0.39, 0.29) is 24.3 Å². The fourth-order valence-corrected chi connectivity index (χ4v) is 4.63. The summed E-state index contributed by atoms with van der Waals surface area (Å²) in [5.74, 6) is -1.04. The molecule has 1 atom stereocenters. The van der Waals surface area contributed by atoms with Crippen molar-refractivity contribution in [2.24, 2.45) is 0 Å². The topological polar surface area (TPSA) is 69.7 Å². The predicted octanol–water partition coefficient (Wildman–Crippen LogP) is 3.95. The van der Waals surface area contributed by atoms with E-state index in [1.54, 1.807) is 48.2 Å². The molecule has 1 N–H and O–H groups in total. The second kappa shape index (κ2) is 9.10. The Balaban J connectivity index is 1.54. The Bertz CT molecular complexity index is 989. The Kier molecular flexibility index (Phi) is 6.26. The summed E-state index contributed by atoms with van der Waals surface area (Å²) >= 11 is 0. The number of urea groups is 1. The van der Waals surface area contributed by atoms with Crippen molar-refractivity contribution in [2.45, 2.75) is 57.2 Å². The van der Waals surface area contributed by atoms with E-state index in [1.807, 2.05) is 6.07 Å². The molecular formula is C25H28FN3O3. The number of hydrogen-bond donors (Lipinski definition) is 1. The molecule has 1 heterocycles. The SMILES string of the molecule is C[C@@]1(c2ccccc2)NC(=O)N(CC(=O)N(Cc2ccc(F)cc2)C2CCCCC2)C1=O. The Morgan fingerprint density at radius 2 is 1.72 bits per heavy atom. The molecule has 0 aromatic heterocycles. The Labute approximate surface area is 187 Å². The number of imide groups is 1. The van der Waals surface area contributed by atoms with Crippen LogP contribution in [0, 0.1) is 5.82 Å². The van der Waals surface area contributed by atoms with E-state index in [0.29, 0.717) is 12.1 Å². The normalized spacial score (nSPS) is 21.5. The summed E-state index contributed by atoms with van der Waals surface area (Å²) in [6.45, 7) is 1.67. The van der Waals surface area contributed by atoms with Gasteiger partial charge in [-0.2, -0.15) is 0 Å². The summed E-state index contributed by atoms with van der Waals surface area (Å²) in [5, 5.41) is 2.75. The molecule has 0 spiro atoms. The van der Waals surface area contributed by atoms with Crippen LogP contribution >= 0.6 is 0 Å². The minimum atomic E-state index is -1.20. The van der Waals surface area contributed by atoms with Gasteiger partial charge in [0.25, 0.3) is 5.91 Å². The molecule has 2 aliphatic rings. The minimum Gasteiger partial charge on any atom is -0.334 e. The van der Waals surface area contributed by atoms with Gasteiger partial charge < -0.3 is 10.2 Å². The molecule has 32 heavy (non-hydrogen) atoms. The number of halogens is 1. The van der Waals surface area contributed by atoms with E-state index in [0.717, 1.165) is 42.6 Å². The van der Waals surface area contributed by atoms with Gasteiger partial charge in [-0.05, 0) is 43.0 Å². The first-order valence-corrected chi connectivity index (χ1v) is 11.1. The standard InChI is InChI=1S/C25H28FN3O3/c1-25(19-8-4-2-5-9-19)23(31)29(24(32)27-25)17-22(30)28(21-10-6-3-7-11-21)16-18-12-14-20(26)15-13-18/h2,4-5,8-9,12-15,21H,3,6-7,10-11,16-17H2,1H3,(H,27,32)/t25-/m0/s1. The van der Waals surface area contributed by atoms with E-state index in [9.17, 15) is 18.8 Å². The lowest BCUT2D eigenvalue weighted by molar-refractivity contribution is -0.141. The zero-order chi connectivity index (χ0) is 22.7. The zero-order valence-electron chi connectivity index (χ0n) is 18.2. The van der Waals surface area contributed by atoms with Crippen LogP contribution in [0.4, 0.5) is 9.18 Å². The fraction of sp³-hybridized carbons (Fsp3) is 0.400. The summed E-state index contributed by atoms with van der Waals surface area (Å²) in [6, 6.07) is 14.6. The van der Waals surface area contributed by atoms with Gasteiger partial charge in [-0.1, -0.05) is 61.7 Å². The highest BCUT2D eigenvalue weighted by Gasteiger charge is 2.49. The Hall–Kier alpha value is -3.22. The molecule has 0 radical (unpaired) electrons. The number of nitrogens with one attached hydrogen (secondary N) is 1. The summed E-state index contributed by atoms with van der Waals surface area (Å²) in [4.78, 5) is 42.0. The van der Waals surface area contributed by atoms with Gasteiger partial charge in [0, 0.05) is 12.6 Å². The van der Waals surface area contributed by atoms with Crippen LogP contribution in [0.15, 0.2) is 54.6 Å². The first kappa shape index (κ1) is 22.0. The number of nitrogens with zero attached hydrogens (tertiary/aromatic N) is 2. The molecule has 1 aliphatic heterocycles. The maximum absolute atomic E-state index is 13.4. The van der Waals surface area contributed by atoms with Gasteiger partial charge in [0.15, 0.2) is 0 Å². The highest BCUT2D eigenvalue weighted by atomic mass is 19.1. The lowest BCUT2D eigenvalue weighted by Crippen LogP contribution is -2.48. The van der Waals surface area contributed by atoms with Crippen molar-refractivity contribution in [1.82, 2.24) is 15.1 Å². The zero-order valence-corrected chi connectivity index (χ0v) is 18.2. The van der Waals surface area contributed by atoms with E-state index in [1.165, 1.54) is 12.1 Å². The van der Waals surface area contributed by atoms with E-state index < -0.39 is 17.5 Å². The van der Waals surface area contributed by atoms with Crippen molar-refractivity contribution < 1.29 is 18.8 Å². The van der Waals surface area contributed by atoms with Crippen molar-refractivity contribution in [3.05, 3.63) is 71.5 Å². The van der Waals surface area contributed by atoms with Gasteiger partial charge >= 0.3 is 6.03 Å². The number of carbonyl (C=O) groups is 3. The minimum absolute atomic E-state index is 0.0441. The van der Waals surface area contributed by atoms with E-state index in [2.05, 4.69) is 5.32 Å². The quantitative estimate of drug-likeness (QED) is 0.696. The molecule has 2 aromatic rings. The number of benzene rings is 2. The van der Waals surface area contributed by atoms with Crippen LogP contribution in [-0.2, 0) is 21.7 Å².